The smallest absolute Gasteiger partial charge is 0.332 e. The fourth-order valence-electron chi connectivity index (χ4n) is 1.50. The third kappa shape index (κ3) is 4.73. The Morgan fingerprint density at radius 2 is 2.22 bits per heavy atom. The Bertz CT molecular complexity index is 377. The summed E-state index contributed by atoms with van der Waals surface area (Å²) in [5.41, 5.74) is 0.757. The first-order valence-corrected chi connectivity index (χ1v) is 5.84. The highest BCUT2D eigenvalue weighted by atomic mass is 16.5. The quantitative estimate of drug-likeness (QED) is 0.734. The van der Waals surface area contributed by atoms with Crippen LogP contribution in [0, 0.1) is 0 Å². The van der Waals surface area contributed by atoms with Gasteiger partial charge in [-0.25, -0.2) is 4.79 Å². The Morgan fingerprint density at radius 1 is 1.44 bits per heavy atom. The molecule has 5 nitrogen and oxygen atoms in total. The Balaban J connectivity index is 2.42. The van der Waals surface area contributed by atoms with E-state index in [-0.39, 0.29) is 19.6 Å². The largest absolute Gasteiger partial charge is 0.493 e. The summed E-state index contributed by atoms with van der Waals surface area (Å²) in [6.45, 7) is 2.32. The highest BCUT2D eigenvalue weighted by molar-refractivity contribution is 5.72. The maximum Gasteiger partial charge on any atom is 0.332 e. The number of carboxylic acids is 1. The Morgan fingerprint density at radius 3 is 2.83 bits per heavy atom. The van der Waals surface area contributed by atoms with Crippen LogP contribution in [0.3, 0.4) is 0 Å². The number of hydrogen-bond donors (Lipinski definition) is 2. The number of aliphatic hydroxyl groups excluding tert-OH is 1. The summed E-state index contributed by atoms with van der Waals surface area (Å²) < 4.78 is 10.5. The molecule has 1 aromatic carbocycles. The number of carboxylic acid groups (broad SMARTS) is 1. The number of ether oxygens (including phenoxy) is 2. The molecule has 1 rings (SSSR count). The summed E-state index contributed by atoms with van der Waals surface area (Å²) in [5.74, 6) is -0.369. The van der Waals surface area contributed by atoms with E-state index in [0.717, 1.165) is 5.56 Å². The van der Waals surface area contributed by atoms with Crippen molar-refractivity contribution in [1.82, 2.24) is 0 Å². The molecule has 1 unspecified atom stereocenters. The first-order chi connectivity index (χ1) is 8.67. The molecule has 0 saturated carbocycles. The molecular weight excluding hydrogens is 236 g/mol. The van der Waals surface area contributed by atoms with E-state index < -0.39 is 12.1 Å². The molecule has 0 aliphatic rings. The summed E-state index contributed by atoms with van der Waals surface area (Å²) in [6.07, 6.45) is -0.553. The molecule has 0 aromatic heterocycles. The van der Waals surface area contributed by atoms with Gasteiger partial charge in [0.15, 0.2) is 6.10 Å². The second-order valence-corrected chi connectivity index (χ2v) is 3.72. The lowest BCUT2D eigenvalue weighted by molar-refractivity contribution is -0.150. The highest BCUT2D eigenvalue weighted by Gasteiger charge is 2.17. The van der Waals surface area contributed by atoms with E-state index in [9.17, 15) is 4.79 Å². The average Bonchev–Trinajstić information content (AvgIpc) is 2.38. The molecule has 0 heterocycles. The Hall–Kier alpha value is -1.59. The number of aliphatic carboxylic acids is 1. The topological polar surface area (TPSA) is 76.0 Å². The lowest BCUT2D eigenvalue weighted by Crippen LogP contribution is -2.26. The minimum Gasteiger partial charge on any atom is -0.493 e. The fourth-order valence-corrected chi connectivity index (χ4v) is 1.50. The lowest BCUT2D eigenvalue weighted by atomic mass is 10.2. The summed E-state index contributed by atoms with van der Waals surface area (Å²) in [7, 11) is 0. The number of hydrogen-bond acceptors (Lipinski definition) is 4. The lowest BCUT2D eigenvalue weighted by Gasteiger charge is -2.13. The van der Waals surface area contributed by atoms with Crippen molar-refractivity contribution in [3.63, 3.8) is 0 Å². The molecule has 1 atom stereocenters. The van der Waals surface area contributed by atoms with E-state index in [4.69, 9.17) is 19.7 Å². The van der Waals surface area contributed by atoms with E-state index in [2.05, 4.69) is 0 Å². The van der Waals surface area contributed by atoms with Gasteiger partial charge >= 0.3 is 5.97 Å². The summed E-state index contributed by atoms with van der Waals surface area (Å²) in [6, 6.07) is 7.04. The van der Waals surface area contributed by atoms with Crippen molar-refractivity contribution in [2.24, 2.45) is 0 Å². The van der Waals surface area contributed by atoms with Gasteiger partial charge < -0.3 is 19.7 Å². The van der Waals surface area contributed by atoms with Crippen LogP contribution in [-0.2, 0) is 16.1 Å². The summed E-state index contributed by atoms with van der Waals surface area (Å²) in [5, 5.41) is 17.8. The molecule has 2 N–H and O–H groups in total. The van der Waals surface area contributed by atoms with Gasteiger partial charge in [-0.05, 0) is 24.6 Å². The van der Waals surface area contributed by atoms with Gasteiger partial charge in [0, 0.05) is 13.0 Å². The fraction of sp³-hybridized carbons (Fsp3) is 0.462. The highest BCUT2D eigenvalue weighted by Crippen LogP contribution is 2.14. The zero-order chi connectivity index (χ0) is 13.4. The van der Waals surface area contributed by atoms with Crippen molar-refractivity contribution >= 4 is 5.97 Å². The van der Waals surface area contributed by atoms with Gasteiger partial charge in [0.25, 0.3) is 0 Å². The molecule has 0 amide bonds. The molecule has 1 aromatic rings. The zero-order valence-corrected chi connectivity index (χ0v) is 10.3. The normalized spacial score (nSPS) is 12.1. The van der Waals surface area contributed by atoms with Crippen LogP contribution in [0.25, 0.3) is 0 Å². The average molecular weight is 254 g/mol. The maximum absolute atomic E-state index is 10.8. The van der Waals surface area contributed by atoms with E-state index in [0.29, 0.717) is 12.4 Å². The van der Waals surface area contributed by atoms with Crippen LogP contribution < -0.4 is 4.74 Å². The van der Waals surface area contributed by atoms with Crippen LogP contribution in [0.5, 0.6) is 5.75 Å². The van der Waals surface area contributed by atoms with Crippen molar-refractivity contribution in [1.29, 1.82) is 0 Å². The van der Waals surface area contributed by atoms with Gasteiger partial charge in [0.1, 0.15) is 5.75 Å². The molecule has 0 saturated heterocycles. The first-order valence-electron chi connectivity index (χ1n) is 5.84. The Kier molecular flexibility index (Phi) is 6.18. The van der Waals surface area contributed by atoms with Crippen LogP contribution >= 0.6 is 0 Å². The number of aliphatic hydroxyl groups is 1. The van der Waals surface area contributed by atoms with Crippen molar-refractivity contribution in [2.45, 2.75) is 26.1 Å². The van der Waals surface area contributed by atoms with E-state index in [1.54, 1.807) is 31.2 Å². The van der Waals surface area contributed by atoms with E-state index >= 15 is 0 Å². The second-order valence-electron chi connectivity index (χ2n) is 3.72. The van der Waals surface area contributed by atoms with E-state index in [1.165, 1.54) is 0 Å². The Labute approximate surface area is 106 Å². The number of benzene rings is 1. The minimum absolute atomic E-state index is 0.0477. The van der Waals surface area contributed by atoms with E-state index in [1.807, 2.05) is 0 Å². The molecule has 0 spiro atoms. The molecule has 18 heavy (non-hydrogen) atoms. The molecule has 0 fully saturated rings. The second kappa shape index (κ2) is 7.68. The summed E-state index contributed by atoms with van der Waals surface area (Å²) in [4.78, 5) is 10.8. The van der Waals surface area contributed by atoms with Crippen LogP contribution in [0.2, 0.25) is 0 Å². The summed E-state index contributed by atoms with van der Waals surface area (Å²) >= 11 is 0. The molecular formula is C13H18O5. The standard InChI is InChI=1S/C13H18O5/c1-2-17-12(13(15)16)6-7-18-11-5-3-4-10(8-11)9-14/h3-5,8,12,14H,2,6-7,9H2,1H3,(H,15,16). The van der Waals surface area contributed by atoms with Crippen molar-refractivity contribution in [2.75, 3.05) is 13.2 Å². The molecule has 0 aliphatic heterocycles. The molecule has 0 radical (unpaired) electrons. The van der Waals surface area contributed by atoms with Gasteiger partial charge in [-0.3, -0.25) is 0 Å². The molecule has 100 valence electrons. The predicted octanol–water partition coefficient (Wildman–Crippen LogP) is 1.44. The molecule has 0 bridgehead atoms. The third-order valence-corrected chi connectivity index (χ3v) is 2.37. The van der Waals surface area contributed by atoms with Gasteiger partial charge in [-0.15, -0.1) is 0 Å². The van der Waals surface area contributed by atoms with Crippen LogP contribution in [0.15, 0.2) is 24.3 Å². The van der Waals surface area contributed by atoms with Crippen LogP contribution in [0.4, 0.5) is 0 Å². The van der Waals surface area contributed by atoms with Gasteiger partial charge in [-0.1, -0.05) is 12.1 Å². The zero-order valence-electron chi connectivity index (χ0n) is 10.3. The number of rotatable bonds is 8. The molecule has 0 aliphatic carbocycles. The first kappa shape index (κ1) is 14.5. The predicted molar refractivity (Wildman–Crippen MR) is 65.5 cm³/mol. The SMILES string of the molecule is CCOC(CCOc1cccc(CO)c1)C(=O)O. The van der Waals surface area contributed by atoms with Gasteiger partial charge in [-0.2, -0.15) is 0 Å². The van der Waals surface area contributed by atoms with Crippen molar-refractivity contribution < 1.29 is 24.5 Å². The monoisotopic (exact) mass is 254 g/mol. The molecule has 5 heteroatoms. The van der Waals surface area contributed by atoms with Crippen LogP contribution in [-0.4, -0.2) is 35.5 Å². The van der Waals surface area contributed by atoms with Crippen LogP contribution in [0.1, 0.15) is 18.9 Å². The van der Waals surface area contributed by atoms with Gasteiger partial charge in [0.05, 0.1) is 13.2 Å². The van der Waals surface area contributed by atoms with Gasteiger partial charge in [0.2, 0.25) is 0 Å². The van der Waals surface area contributed by atoms with Crippen molar-refractivity contribution in [3.05, 3.63) is 29.8 Å². The van der Waals surface area contributed by atoms with Crippen molar-refractivity contribution in [3.8, 4) is 5.75 Å². The minimum atomic E-state index is -0.982. The maximum atomic E-state index is 10.8. The number of carbonyl (C=O) groups is 1. The third-order valence-electron chi connectivity index (χ3n) is 2.37.